The van der Waals surface area contributed by atoms with Crippen molar-refractivity contribution in [2.45, 2.75) is 66.0 Å². The number of H-pyrrole nitrogens is 2. The number of imidazole rings is 1. The van der Waals surface area contributed by atoms with Crippen LogP contribution in [0.25, 0.3) is 33.3 Å². The lowest BCUT2D eigenvalue weighted by Crippen LogP contribution is -2.26. The number of nitrogens with zero attached hydrogens (tertiary/aromatic N) is 3. The van der Waals surface area contributed by atoms with E-state index in [2.05, 4.69) is 61.9 Å². The van der Waals surface area contributed by atoms with E-state index in [4.69, 9.17) is 0 Å². The standard InChI is InChI=1S/C22H27N5O/c1-11(2)26-18-9-16-15-8-6-7-14-13(5)24-25-21(14)20(15)23-17(16)10-19(18)27(12(3)4)22(26)28/h9-12,23H,6-8H2,1-5H3,(H,24,25). The van der Waals surface area contributed by atoms with Crippen molar-refractivity contribution in [2.24, 2.45) is 0 Å². The van der Waals surface area contributed by atoms with Crippen molar-refractivity contribution in [2.75, 3.05) is 0 Å². The lowest BCUT2D eigenvalue weighted by Gasteiger charge is -2.07. The smallest absolute Gasteiger partial charge is 0.329 e. The molecular weight excluding hydrogens is 350 g/mol. The summed E-state index contributed by atoms with van der Waals surface area (Å²) in [5.74, 6) is 0. The summed E-state index contributed by atoms with van der Waals surface area (Å²) >= 11 is 0. The van der Waals surface area contributed by atoms with E-state index in [9.17, 15) is 4.79 Å². The molecule has 6 nitrogen and oxygen atoms in total. The van der Waals surface area contributed by atoms with Crippen molar-refractivity contribution in [3.8, 4) is 11.4 Å². The average molecular weight is 377 g/mol. The van der Waals surface area contributed by atoms with Crippen LogP contribution in [0.1, 0.15) is 63.0 Å². The van der Waals surface area contributed by atoms with E-state index in [-0.39, 0.29) is 17.8 Å². The first kappa shape index (κ1) is 17.3. The van der Waals surface area contributed by atoms with Gasteiger partial charge in [0.25, 0.3) is 0 Å². The summed E-state index contributed by atoms with van der Waals surface area (Å²) in [5.41, 5.74) is 9.16. The molecule has 0 amide bonds. The average Bonchev–Trinajstić information content (AvgIpc) is 3.20. The van der Waals surface area contributed by atoms with Crippen molar-refractivity contribution in [3.05, 3.63) is 39.4 Å². The van der Waals surface area contributed by atoms with Gasteiger partial charge in [-0.05, 0) is 71.6 Å². The van der Waals surface area contributed by atoms with Crippen molar-refractivity contribution in [1.82, 2.24) is 24.3 Å². The van der Waals surface area contributed by atoms with Gasteiger partial charge in [-0.15, -0.1) is 0 Å². The minimum absolute atomic E-state index is 0.0731. The van der Waals surface area contributed by atoms with Crippen LogP contribution in [0, 0.1) is 6.92 Å². The van der Waals surface area contributed by atoms with Gasteiger partial charge < -0.3 is 4.98 Å². The number of fused-ring (bicyclic) bond motifs is 6. The number of aromatic nitrogens is 5. The monoisotopic (exact) mass is 377 g/mol. The highest BCUT2D eigenvalue weighted by Gasteiger charge is 2.25. The Kier molecular flexibility index (Phi) is 3.63. The molecular formula is C22H27N5O. The van der Waals surface area contributed by atoms with Gasteiger partial charge in [-0.25, -0.2) is 4.79 Å². The van der Waals surface area contributed by atoms with Gasteiger partial charge >= 0.3 is 5.69 Å². The molecule has 0 spiro atoms. The fourth-order valence-corrected chi connectivity index (χ4v) is 4.85. The largest absolute Gasteiger partial charge is 0.353 e. The molecule has 146 valence electrons. The van der Waals surface area contributed by atoms with Crippen molar-refractivity contribution in [1.29, 1.82) is 0 Å². The molecule has 0 unspecified atom stereocenters. The number of nitrogens with one attached hydrogen (secondary N) is 2. The van der Waals surface area contributed by atoms with Gasteiger partial charge in [-0.3, -0.25) is 14.2 Å². The summed E-state index contributed by atoms with van der Waals surface area (Å²) in [4.78, 5) is 16.7. The molecule has 3 aromatic heterocycles. The molecule has 1 aliphatic rings. The van der Waals surface area contributed by atoms with Gasteiger partial charge in [0.15, 0.2) is 0 Å². The third-order valence-corrected chi connectivity index (χ3v) is 6.13. The summed E-state index contributed by atoms with van der Waals surface area (Å²) < 4.78 is 3.83. The zero-order valence-electron chi connectivity index (χ0n) is 17.2. The van der Waals surface area contributed by atoms with Crippen LogP contribution < -0.4 is 5.69 Å². The maximum atomic E-state index is 13.1. The summed E-state index contributed by atoms with van der Waals surface area (Å²) in [7, 11) is 0. The third-order valence-electron chi connectivity index (χ3n) is 6.13. The molecule has 0 aliphatic heterocycles. The minimum atomic E-state index is 0.0731. The Hall–Kier alpha value is -2.76. The Morgan fingerprint density at radius 3 is 2.32 bits per heavy atom. The molecule has 0 saturated carbocycles. The molecule has 6 heteroatoms. The first-order chi connectivity index (χ1) is 13.4. The zero-order valence-corrected chi connectivity index (χ0v) is 17.2. The molecule has 1 aromatic carbocycles. The van der Waals surface area contributed by atoms with Crippen LogP contribution in [0.5, 0.6) is 0 Å². The van der Waals surface area contributed by atoms with Gasteiger partial charge in [0, 0.05) is 34.2 Å². The van der Waals surface area contributed by atoms with Crippen LogP contribution >= 0.6 is 0 Å². The van der Waals surface area contributed by atoms with E-state index in [0.29, 0.717) is 0 Å². The fraction of sp³-hybridized carbons (Fsp3) is 0.455. The zero-order chi connectivity index (χ0) is 19.7. The van der Waals surface area contributed by atoms with Crippen LogP contribution in [0.3, 0.4) is 0 Å². The molecule has 4 aromatic rings. The van der Waals surface area contributed by atoms with Gasteiger partial charge in [0.2, 0.25) is 0 Å². The first-order valence-electron chi connectivity index (χ1n) is 10.2. The van der Waals surface area contributed by atoms with Crippen LogP contribution in [-0.4, -0.2) is 24.3 Å². The summed E-state index contributed by atoms with van der Waals surface area (Å²) in [5, 5.41) is 8.97. The highest BCUT2D eigenvalue weighted by molar-refractivity contribution is 5.99. The quantitative estimate of drug-likeness (QED) is 0.534. The van der Waals surface area contributed by atoms with Crippen molar-refractivity contribution in [3.63, 3.8) is 0 Å². The molecule has 0 bridgehead atoms. The second kappa shape index (κ2) is 5.87. The second-order valence-corrected chi connectivity index (χ2v) is 8.60. The minimum Gasteiger partial charge on any atom is -0.353 e. The topological polar surface area (TPSA) is 71.4 Å². The van der Waals surface area contributed by atoms with Crippen molar-refractivity contribution < 1.29 is 0 Å². The maximum absolute atomic E-state index is 13.1. The molecule has 0 atom stereocenters. The number of benzene rings is 1. The Balaban J connectivity index is 1.88. The summed E-state index contributed by atoms with van der Waals surface area (Å²) in [6, 6.07) is 4.59. The Morgan fingerprint density at radius 2 is 1.64 bits per heavy atom. The number of hydrogen-bond acceptors (Lipinski definition) is 2. The normalized spacial score (nSPS) is 14.2. The van der Waals surface area contributed by atoms with Crippen molar-refractivity contribution >= 4 is 21.9 Å². The Morgan fingerprint density at radius 1 is 1.00 bits per heavy atom. The lowest BCUT2D eigenvalue weighted by atomic mass is 10.1. The SMILES string of the molecule is Cc1[nH]nc2c1CCCc1c-2[nH]c2cc3c(cc12)n(C(C)C)c(=O)n3C(C)C. The molecule has 28 heavy (non-hydrogen) atoms. The third kappa shape index (κ3) is 2.20. The van der Waals surface area contributed by atoms with Gasteiger partial charge in [0.05, 0.1) is 16.7 Å². The molecule has 5 rings (SSSR count). The second-order valence-electron chi connectivity index (χ2n) is 8.60. The summed E-state index contributed by atoms with van der Waals surface area (Å²) in [6.07, 6.45) is 3.17. The van der Waals surface area contributed by atoms with Gasteiger partial charge in [0.1, 0.15) is 5.69 Å². The Labute approximate surface area is 163 Å². The molecule has 1 aliphatic carbocycles. The predicted molar refractivity (Wildman–Crippen MR) is 113 cm³/mol. The van der Waals surface area contributed by atoms with E-state index in [1.165, 1.54) is 16.5 Å². The number of hydrogen-bond donors (Lipinski definition) is 2. The van der Waals surface area contributed by atoms with E-state index in [1.54, 1.807) is 0 Å². The lowest BCUT2D eigenvalue weighted by molar-refractivity contribution is 0.533. The molecule has 0 fully saturated rings. The van der Waals surface area contributed by atoms with Gasteiger partial charge in [-0.2, -0.15) is 5.10 Å². The highest BCUT2D eigenvalue weighted by Crippen LogP contribution is 2.38. The molecule has 0 saturated heterocycles. The van der Waals surface area contributed by atoms with E-state index in [0.717, 1.165) is 52.9 Å². The fourth-order valence-electron chi connectivity index (χ4n) is 4.85. The van der Waals surface area contributed by atoms with E-state index >= 15 is 0 Å². The first-order valence-corrected chi connectivity index (χ1v) is 10.2. The van der Waals surface area contributed by atoms with Crippen LogP contribution in [0.2, 0.25) is 0 Å². The predicted octanol–water partition coefficient (Wildman–Crippen LogP) is 4.63. The maximum Gasteiger partial charge on any atom is 0.329 e. The molecule has 2 N–H and O–H groups in total. The van der Waals surface area contributed by atoms with Crippen LogP contribution in [0.4, 0.5) is 0 Å². The molecule has 0 radical (unpaired) electrons. The van der Waals surface area contributed by atoms with Crippen LogP contribution in [-0.2, 0) is 12.8 Å². The number of aromatic amines is 2. The van der Waals surface area contributed by atoms with E-state index < -0.39 is 0 Å². The van der Waals surface area contributed by atoms with Gasteiger partial charge in [-0.1, -0.05) is 0 Å². The van der Waals surface area contributed by atoms with E-state index in [1.807, 2.05) is 9.13 Å². The Bertz CT molecular complexity index is 1280. The van der Waals surface area contributed by atoms with Crippen LogP contribution in [0.15, 0.2) is 16.9 Å². The summed E-state index contributed by atoms with van der Waals surface area (Å²) in [6.45, 7) is 10.4. The molecule has 3 heterocycles. The number of aryl methyl sites for hydroxylation is 2. The highest BCUT2D eigenvalue weighted by atomic mass is 16.1. The number of rotatable bonds is 2.